The molecule has 0 bridgehead atoms. The summed E-state index contributed by atoms with van der Waals surface area (Å²) in [7, 11) is 0. The van der Waals surface area contributed by atoms with Crippen LogP contribution >= 0.6 is 0 Å². The van der Waals surface area contributed by atoms with E-state index in [0.717, 1.165) is 24.3 Å². The molecule has 96 valence electrons. The van der Waals surface area contributed by atoms with Gasteiger partial charge in [-0.25, -0.2) is 18.4 Å². The molecule has 0 aliphatic rings. The van der Waals surface area contributed by atoms with Gasteiger partial charge in [0.05, 0.1) is 6.61 Å². The lowest BCUT2D eigenvalue weighted by Gasteiger charge is -2.01. The molecule has 0 amide bonds. The summed E-state index contributed by atoms with van der Waals surface area (Å²) >= 11 is 0. The van der Waals surface area contributed by atoms with Crippen molar-refractivity contribution in [1.29, 1.82) is 0 Å². The number of hydrogen-bond acceptors (Lipinski definition) is 3. The second-order valence-electron chi connectivity index (χ2n) is 3.25. The number of benzene rings is 1. The Bertz CT molecular complexity index is 486. The number of carboxylic acid groups (broad SMARTS) is 1. The molecule has 1 N–H and O–H groups in total. The van der Waals surface area contributed by atoms with E-state index in [4.69, 9.17) is 5.11 Å². The summed E-state index contributed by atoms with van der Waals surface area (Å²) in [6.45, 7) is 1.80. The number of rotatable bonds is 4. The van der Waals surface area contributed by atoms with Crippen molar-refractivity contribution in [3.63, 3.8) is 0 Å². The highest BCUT2D eigenvalue weighted by atomic mass is 19.1. The van der Waals surface area contributed by atoms with Gasteiger partial charge in [-0.3, -0.25) is 0 Å². The van der Waals surface area contributed by atoms with Crippen LogP contribution in [0, 0.1) is 11.6 Å². The van der Waals surface area contributed by atoms with Gasteiger partial charge in [0.1, 0.15) is 17.2 Å². The lowest BCUT2D eigenvalue weighted by molar-refractivity contribution is -0.137. The van der Waals surface area contributed by atoms with Crippen molar-refractivity contribution in [3.05, 3.63) is 41.0 Å². The first-order valence-electron chi connectivity index (χ1n) is 5.03. The molecule has 0 heterocycles. The van der Waals surface area contributed by atoms with Crippen molar-refractivity contribution in [2.75, 3.05) is 6.61 Å². The molecule has 0 aliphatic heterocycles. The number of esters is 1. The first-order valence-corrected chi connectivity index (χ1v) is 5.03. The molecule has 18 heavy (non-hydrogen) atoms. The molecule has 6 heteroatoms. The van der Waals surface area contributed by atoms with Crippen LogP contribution < -0.4 is 0 Å². The molecule has 0 fully saturated rings. The maximum Gasteiger partial charge on any atom is 0.341 e. The molecule has 0 spiro atoms. The van der Waals surface area contributed by atoms with Crippen LogP contribution in [-0.2, 0) is 9.53 Å². The molecular weight excluding hydrogens is 246 g/mol. The van der Waals surface area contributed by atoms with Gasteiger partial charge in [0.25, 0.3) is 0 Å². The fraction of sp³-hybridized carbons (Fsp3) is 0.167. The normalized spacial score (nSPS) is 10.6. The largest absolute Gasteiger partial charge is 0.477 e. The van der Waals surface area contributed by atoms with Gasteiger partial charge in [0.2, 0.25) is 0 Å². The number of carboxylic acids is 1. The van der Waals surface area contributed by atoms with E-state index in [-0.39, 0.29) is 12.2 Å². The molecule has 4 nitrogen and oxygen atoms in total. The second-order valence-corrected chi connectivity index (χ2v) is 3.25. The van der Waals surface area contributed by atoms with Crippen LogP contribution in [0.1, 0.15) is 22.8 Å². The third-order valence-corrected chi connectivity index (χ3v) is 1.98. The third-order valence-electron chi connectivity index (χ3n) is 1.98. The lowest BCUT2D eigenvalue weighted by Crippen LogP contribution is -2.05. The van der Waals surface area contributed by atoms with Gasteiger partial charge < -0.3 is 9.84 Å². The summed E-state index contributed by atoms with van der Waals surface area (Å²) in [6, 6.07) is 1.64. The number of halogens is 2. The fourth-order valence-electron chi connectivity index (χ4n) is 1.25. The van der Waals surface area contributed by atoms with Crippen LogP contribution in [-0.4, -0.2) is 23.7 Å². The molecule has 1 rings (SSSR count). The molecule has 1 aromatic carbocycles. The van der Waals surface area contributed by atoms with Crippen LogP contribution in [0.25, 0.3) is 6.08 Å². The van der Waals surface area contributed by atoms with Crippen molar-refractivity contribution in [3.8, 4) is 0 Å². The van der Waals surface area contributed by atoms with Gasteiger partial charge in [-0.15, -0.1) is 0 Å². The van der Waals surface area contributed by atoms with Gasteiger partial charge in [-0.1, -0.05) is 0 Å². The van der Waals surface area contributed by atoms with E-state index in [2.05, 4.69) is 4.74 Å². The maximum atomic E-state index is 13.3. The van der Waals surface area contributed by atoms with E-state index >= 15 is 0 Å². The smallest absolute Gasteiger partial charge is 0.341 e. The van der Waals surface area contributed by atoms with E-state index in [9.17, 15) is 18.4 Å². The minimum absolute atomic E-state index is 0.0306. The minimum Gasteiger partial charge on any atom is -0.477 e. The molecule has 0 radical (unpaired) electrons. The fourth-order valence-corrected chi connectivity index (χ4v) is 1.25. The number of aromatic carboxylic acids is 1. The Labute approximate surface area is 101 Å². The number of carbonyl (C=O) groups excluding carboxylic acids is 1. The molecule has 0 aliphatic carbocycles. The summed E-state index contributed by atoms with van der Waals surface area (Å²) in [4.78, 5) is 21.5. The van der Waals surface area contributed by atoms with E-state index in [1.807, 2.05) is 0 Å². The Morgan fingerprint density at radius 1 is 1.33 bits per heavy atom. The quantitative estimate of drug-likeness (QED) is 0.662. The summed E-state index contributed by atoms with van der Waals surface area (Å²) in [5.74, 6) is -4.75. The summed E-state index contributed by atoms with van der Waals surface area (Å²) < 4.78 is 31.1. The van der Waals surface area contributed by atoms with Gasteiger partial charge in [0.15, 0.2) is 0 Å². The highest BCUT2D eigenvalue weighted by Crippen LogP contribution is 2.16. The molecule has 0 saturated heterocycles. The first-order chi connectivity index (χ1) is 8.45. The van der Waals surface area contributed by atoms with E-state index in [1.165, 1.54) is 0 Å². The van der Waals surface area contributed by atoms with Crippen LogP contribution in [0.5, 0.6) is 0 Å². The number of ether oxygens (including phenoxy) is 1. The van der Waals surface area contributed by atoms with Crippen molar-refractivity contribution in [2.45, 2.75) is 6.92 Å². The first kappa shape index (κ1) is 13.8. The highest BCUT2D eigenvalue weighted by molar-refractivity contribution is 5.89. The minimum atomic E-state index is -1.69. The van der Waals surface area contributed by atoms with Crippen molar-refractivity contribution in [1.82, 2.24) is 0 Å². The van der Waals surface area contributed by atoms with Gasteiger partial charge in [-0.05, 0) is 30.7 Å². The Morgan fingerprint density at radius 2 is 1.89 bits per heavy atom. The zero-order chi connectivity index (χ0) is 13.7. The lowest BCUT2D eigenvalue weighted by atomic mass is 10.1. The summed E-state index contributed by atoms with van der Waals surface area (Å²) in [5.41, 5.74) is -0.994. The Hall–Kier alpha value is -2.24. The van der Waals surface area contributed by atoms with Gasteiger partial charge in [0, 0.05) is 6.08 Å². The standard InChI is InChI=1S/C12H10F2O4/c1-2-18-10(15)4-3-7-5-8(13)11(12(16)17)9(14)6-7/h3-6H,2H2,1H3,(H,16,17). The van der Waals surface area contributed by atoms with Gasteiger partial charge >= 0.3 is 11.9 Å². The second kappa shape index (κ2) is 5.90. The summed E-state index contributed by atoms with van der Waals surface area (Å²) in [6.07, 6.45) is 2.13. The van der Waals surface area contributed by atoms with E-state index < -0.39 is 29.1 Å². The molecular formula is C12H10F2O4. The molecule has 0 unspecified atom stereocenters. The maximum absolute atomic E-state index is 13.3. The van der Waals surface area contributed by atoms with Crippen molar-refractivity contribution >= 4 is 18.0 Å². The van der Waals surface area contributed by atoms with Crippen molar-refractivity contribution < 1.29 is 28.2 Å². The summed E-state index contributed by atoms with van der Waals surface area (Å²) in [5, 5.41) is 8.55. The monoisotopic (exact) mass is 256 g/mol. The predicted molar refractivity (Wildman–Crippen MR) is 59.0 cm³/mol. The molecule has 0 atom stereocenters. The van der Waals surface area contributed by atoms with E-state index in [0.29, 0.717) is 0 Å². The molecule has 0 saturated carbocycles. The van der Waals surface area contributed by atoms with E-state index in [1.54, 1.807) is 6.92 Å². The van der Waals surface area contributed by atoms with Crippen LogP contribution in [0.4, 0.5) is 8.78 Å². The average Bonchev–Trinajstić information content (AvgIpc) is 2.25. The SMILES string of the molecule is CCOC(=O)C=Cc1cc(F)c(C(=O)O)c(F)c1. The van der Waals surface area contributed by atoms with Gasteiger partial charge in [-0.2, -0.15) is 0 Å². The molecule has 0 aromatic heterocycles. The van der Waals surface area contributed by atoms with Crippen LogP contribution in [0.2, 0.25) is 0 Å². The van der Waals surface area contributed by atoms with Crippen molar-refractivity contribution in [2.24, 2.45) is 0 Å². The topological polar surface area (TPSA) is 63.6 Å². The molecule has 1 aromatic rings. The highest BCUT2D eigenvalue weighted by Gasteiger charge is 2.16. The number of hydrogen-bond donors (Lipinski definition) is 1. The van der Waals surface area contributed by atoms with Crippen LogP contribution in [0.15, 0.2) is 18.2 Å². The zero-order valence-electron chi connectivity index (χ0n) is 9.44. The average molecular weight is 256 g/mol. The van der Waals surface area contributed by atoms with Crippen LogP contribution in [0.3, 0.4) is 0 Å². The number of carbonyl (C=O) groups is 2. The predicted octanol–water partition coefficient (Wildman–Crippen LogP) is 2.24. The Balaban J connectivity index is 3.00. The zero-order valence-corrected chi connectivity index (χ0v) is 9.44. The Morgan fingerprint density at radius 3 is 2.33 bits per heavy atom. The third kappa shape index (κ3) is 3.38. The Kier molecular flexibility index (Phi) is 4.53.